The standard InChI is InChI=1S/C33H32BrN3O5S/c1-7-42-26-16-21(15-24(34)30(26)41-6)17-27-32(39)37-29(22-9-11-23(40-5)12-10-22)28(20(4)35-33(37)43-27)31(38)36-25-13-8-18(2)14-19(25)3/h8-17,29H,7H2,1-6H3,(H,36,38)/b27-17-/t29-/m1/s1. The summed E-state index contributed by atoms with van der Waals surface area (Å²) in [6, 6.07) is 16.3. The monoisotopic (exact) mass is 661 g/mol. The van der Waals surface area contributed by atoms with E-state index in [1.807, 2.05) is 75.4 Å². The van der Waals surface area contributed by atoms with E-state index < -0.39 is 6.04 Å². The molecule has 1 aromatic heterocycles. The van der Waals surface area contributed by atoms with E-state index in [0.29, 0.717) is 54.6 Å². The van der Waals surface area contributed by atoms with Crippen molar-refractivity contribution in [2.75, 3.05) is 26.1 Å². The molecule has 1 amide bonds. The van der Waals surface area contributed by atoms with Crippen LogP contribution in [-0.2, 0) is 4.79 Å². The molecule has 222 valence electrons. The molecule has 1 N–H and O–H groups in total. The van der Waals surface area contributed by atoms with E-state index >= 15 is 0 Å². The highest BCUT2D eigenvalue weighted by Gasteiger charge is 2.32. The van der Waals surface area contributed by atoms with Crippen LogP contribution in [0.5, 0.6) is 17.2 Å². The fourth-order valence-corrected chi connectivity index (χ4v) is 6.81. The van der Waals surface area contributed by atoms with Crippen molar-refractivity contribution < 1.29 is 19.0 Å². The number of fused-ring (bicyclic) bond motifs is 1. The molecule has 10 heteroatoms. The van der Waals surface area contributed by atoms with Crippen LogP contribution in [0, 0.1) is 13.8 Å². The average molecular weight is 663 g/mol. The molecule has 1 atom stereocenters. The second kappa shape index (κ2) is 12.6. The Morgan fingerprint density at radius 1 is 1.07 bits per heavy atom. The minimum absolute atomic E-state index is 0.251. The summed E-state index contributed by atoms with van der Waals surface area (Å²) in [5.74, 6) is 1.50. The first-order valence-electron chi connectivity index (χ1n) is 13.7. The maximum atomic E-state index is 14.1. The highest BCUT2D eigenvalue weighted by Crippen LogP contribution is 2.37. The lowest BCUT2D eigenvalue weighted by Gasteiger charge is -2.25. The second-order valence-corrected chi connectivity index (χ2v) is 12.0. The number of ether oxygens (including phenoxy) is 3. The van der Waals surface area contributed by atoms with Crippen LogP contribution in [0.2, 0.25) is 0 Å². The Kier molecular flexibility index (Phi) is 8.89. The number of amides is 1. The van der Waals surface area contributed by atoms with Crippen LogP contribution in [0.15, 0.2) is 80.1 Å². The van der Waals surface area contributed by atoms with Crippen molar-refractivity contribution in [3.8, 4) is 17.2 Å². The van der Waals surface area contributed by atoms with Crippen molar-refractivity contribution in [2.45, 2.75) is 33.7 Å². The van der Waals surface area contributed by atoms with Crippen molar-refractivity contribution in [1.82, 2.24) is 4.57 Å². The summed E-state index contributed by atoms with van der Waals surface area (Å²) >= 11 is 4.83. The summed E-state index contributed by atoms with van der Waals surface area (Å²) in [6.45, 7) is 8.12. The Balaban J connectivity index is 1.66. The summed E-state index contributed by atoms with van der Waals surface area (Å²) in [5, 5.41) is 3.06. The molecule has 0 fully saturated rings. The molecule has 5 rings (SSSR count). The smallest absolute Gasteiger partial charge is 0.271 e. The van der Waals surface area contributed by atoms with Gasteiger partial charge in [-0.1, -0.05) is 41.2 Å². The number of carbonyl (C=O) groups excluding carboxylic acids is 1. The maximum absolute atomic E-state index is 14.1. The zero-order valence-electron chi connectivity index (χ0n) is 24.8. The number of aromatic nitrogens is 1. The number of hydrogen-bond acceptors (Lipinski definition) is 7. The fourth-order valence-electron chi connectivity index (χ4n) is 5.14. The number of rotatable bonds is 8. The first kappa shape index (κ1) is 30.3. The quantitative estimate of drug-likeness (QED) is 0.263. The number of allylic oxidation sites excluding steroid dienone is 1. The van der Waals surface area contributed by atoms with E-state index in [2.05, 4.69) is 21.2 Å². The van der Waals surface area contributed by atoms with Gasteiger partial charge in [-0.3, -0.25) is 14.2 Å². The molecular weight excluding hydrogens is 630 g/mol. The number of halogens is 1. The summed E-state index contributed by atoms with van der Waals surface area (Å²) < 4.78 is 19.4. The lowest BCUT2D eigenvalue weighted by Crippen LogP contribution is -2.40. The van der Waals surface area contributed by atoms with Gasteiger partial charge in [-0.05, 0) is 96.7 Å². The molecule has 2 heterocycles. The molecule has 0 saturated carbocycles. The highest BCUT2D eigenvalue weighted by atomic mass is 79.9. The number of thiazole rings is 1. The molecule has 0 unspecified atom stereocenters. The molecule has 0 spiro atoms. The van der Waals surface area contributed by atoms with E-state index in [1.165, 1.54) is 11.3 Å². The Hall–Kier alpha value is -4.15. The lowest BCUT2D eigenvalue weighted by molar-refractivity contribution is -0.113. The number of nitrogens with one attached hydrogen (secondary N) is 1. The van der Waals surface area contributed by atoms with Crippen LogP contribution in [0.25, 0.3) is 6.08 Å². The summed E-state index contributed by atoms with van der Waals surface area (Å²) in [5.41, 5.74) is 4.96. The third-order valence-corrected chi connectivity index (χ3v) is 8.73. The Bertz CT molecular complexity index is 1930. The Morgan fingerprint density at radius 2 is 1.81 bits per heavy atom. The number of carbonyl (C=O) groups is 1. The normalized spacial score (nSPS) is 14.7. The van der Waals surface area contributed by atoms with Gasteiger partial charge < -0.3 is 19.5 Å². The predicted octanol–water partition coefficient (Wildman–Crippen LogP) is 5.67. The topological polar surface area (TPSA) is 91.2 Å². The summed E-state index contributed by atoms with van der Waals surface area (Å²) in [7, 11) is 3.18. The summed E-state index contributed by atoms with van der Waals surface area (Å²) in [6.07, 6.45) is 1.80. The summed E-state index contributed by atoms with van der Waals surface area (Å²) in [4.78, 5) is 33.3. The largest absolute Gasteiger partial charge is 0.497 e. The molecule has 1 aliphatic heterocycles. The van der Waals surface area contributed by atoms with Gasteiger partial charge in [-0.2, -0.15) is 0 Å². The van der Waals surface area contributed by atoms with Gasteiger partial charge in [0.05, 0.1) is 47.1 Å². The van der Waals surface area contributed by atoms with E-state index in [4.69, 9.17) is 19.2 Å². The number of aryl methyl sites for hydroxylation is 2. The number of nitrogens with zero attached hydrogens (tertiary/aromatic N) is 2. The van der Waals surface area contributed by atoms with Crippen LogP contribution in [0.3, 0.4) is 0 Å². The van der Waals surface area contributed by atoms with Gasteiger partial charge in [-0.15, -0.1) is 0 Å². The number of anilines is 1. The molecule has 3 aromatic carbocycles. The highest BCUT2D eigenvalue weighted by molar-refractivity contribution is 9.10. The van der Waals surface area contributed by atoms with E-state index in [-0.39, 0.29) is 11.5 Å². The average Bonchev–Trinajstić information content (AvgIpc) is 3.27. The first-order chi connectivity index (χ1) is 20.6. The van der Waals surface area contributed by atoms with Crippen LogP contribution in [0.4, 0.5) is 5.69 Å². The van der Waals surface area contributed by atoms with Crippen LogP contribution >= 0.6 is 27.3 Å². The van der Waals surface area contributed by atoms with Crippen LogP contribution in [0.1, 0.15) is 42.1 Å². The molecule has 0 saturated heterocycles. The van der Waals surface area contributed by atoms with Crippen molar-refractivity contribution in [3.05, 3.63) is 112 Å². The number of hydrogen-bond donors (Lipinski definition) is 1. The molecule has 4 aromatic rings. The first-order valence-corrected chi connectivity index (χ1v) is 15.3. The molecule has 0 aliphatic carbocycles. The molecule has 43 heavy (non-hydrogen) atoms. The van der Waals surface area contributed by atoms with Gasteiger partial charge in [-0.25, -0.2) is 4.99 Å². The Morgan fingerprint density at radius 3 is 2.47 bits per heavy atom. The van der Waals surface area contributed by atoms with E-state index in [9.17, 15) is 9.59 Å². The zero-order chi connectivity index (χ0) is 30.8. The van der Waals surface area contributed by atoms with Gasteiger partial charge >= 0.3 is 0 Å². The van der Waals surface area contributed by atoms with Crippen molar-refractivity contribution in [2.24, 2.45) is 4.99 Å². The minimum atomic E-state index is -0.698. The van der Waals surface area contributed by atoms with E-state index in [0.717, 1.165) is 22.3 Å². The van der Waals surface area contributed by atoms with Gasteiger partial charge in [0.2, 0.25) is 0 Å². The molecule has 0 bridgehead atoms. The molecule has 1 aliphatic rings. The fraction of sp³-hybridized carbons (Fsp3) is 0.242. The van der Waals surface area contributed by atoms with Crippen molar-refractivity contribution >= 4 is 44.9 Å². The van der Waals surface area contributed by atoms with Gasteiger partial charge in [0, 0.05) is 5.69 Å². The zero-order valence-corrected chi connectivity index (χ0v) is 27.2. The van der Waals surface area contributed by atoms with Crippen molar-refractivity contribution in [1.29, 1.82) is 0 Å². The van der Waals surface area contributed by atoms with Crippen LogP contribution < -0.4 is 34.4 Å². The van der Waals surface area contributed by atoms with Crippen LogP contribution in [-0.4, -0.2) is 31.3 Å². The molecule has 8 nitrogen and oxygen atoms in total. The molecule has 0 radical (unpaired) electrons. The predicted molar refractivity (Wildman–Crippen MR) is 173 cm³/mol. The minimum Gasteiger partial charge on any atom is -0.497 e. The maximum Gasteiger partial charge on any atom is 0.271 e. The van der Waals surface area contributed by atoms with Gasteiger partial charge in [0.15, 0.2) is 16.3 Å². The van der Waals surface area contributed by atoms with E-state index in [1.54, 1.807) is 31.8 Å². The number of methoxy groups -OCH3 is 2. The van der Waals surface area contributed by atoms with Crippen molar-refractivity contribution in [3.63, 3.8) is 0 Å². The SMILES string of the molecule is CCOc1cc(/C=c2\sc3n(c2=O)[C@H](c2ccc(OC)cc2)C(C(=O)Nc2ccc(C)cc2C)=C(C)N=3)cc(Br)c1OC. The third-order valence-electron chi connectivity index (χ3n) is 7.16. The van der Waals surface area contributed by atoms with Gasteiger partial charge in [0.1, 0.15) is 5.75 Å². The number of benzene rings is 3. The lowest BCUT2D eigenvalue weighted by atomic mass is 9.95. The third kappa shape index (κ3) is 6.03. The Labute approximate surface area is 262 Å². The molecular formula is C33H32BrN3O5S. The second-order valence-electron chi connectivity index (χ2n) is 10.1. The van der Waals surface area contributed by atoms with Gasteiger partial charge in [0.25, 0.3) is 11.5 Å².